The van der Waals surface area contributed by atoms with Gasteiger partial charge in [0.05, 0.1) is 4.90 Å². The third-order valence-corrected chi connectivity index (χ3v) is 4.12. The van der Waals surface area contributed by atoms with Crippen LogP contribution in [0.25, 0.3) is 5.70 Å². The maximum Gasteiger partial charge on any atom is 0.257 e. The summed E-state index contributed by atoms with van der Waals surface area (Å²) >= 11 is 0. The van der Waals surface area contributed by atoms with Crippen molar-refractivity contribution in [2.45, 2.75) is 11.8 Å². The molecule has 4 nitrogen and oxygen atoms in total. The van der Waals surface area contributed by atoms with Gasteiger partial charge in [-0.05, 0) is 48.9 Å². The van der Waals surface area contributed by atoms with E-state index in [9.17, 15) is 12.8 Å². The molecular formula is C15H15FN2O2S. The van der Waals surface area contributed by atoms with Crippen molar-refractivity contribution >= 4 is 15.7 Å². The van der Waals surface area contributed by atoms with Gasteiger partial charge in [0, 0.05) is 5.70 Å². The lowest BCUT2D eigenvalue weighted by Crippen LogP contribution is -2.35. The number of hydrogen-bond acceptors (Lipinski definition) is 3. The molecule has 0 saturated carbocycles. The van der Waals surface area contributed by atoms with Crippen LogP contribution in [0.3, 0.4) is 0 Å². The summed E-state index contributed by atoms with van der Waals surface area (Å²) in [5.41, 5.74) is 4.40. The SMILES string of the molecule is C=C(NNS(=O)(=O)c1ccc(C)cc1)c1ccc(F)cc1. The van der Waals surface area contributed by atoms with Gasteiger partial charge in [0.15, 0.2) is 0 Å². The van der Waals surface area contributed by atoms with Crippen molar-refractivity contribution in [1.82, 2.24) is 10.3 Å². The Morgan fingerprint density at radius 2 is 1.62 bits per heavy atom. The normalized spacial score (nSPS) is 11.1. The standard InChI is InChI=1S/C15H15FN2O2S/c1-11-3-9-15(10-4-11)21(19,20)18-17-12(2)13-5-7-14(16)8-6-13/h3-10,17-18H,2H2,1H3. The summed E-state index contributed by atoms with van der Waals surface area (Å²) in [4.78, 5) is 2.38. The van der Waals surface area contributed by atoms with Gasteiger partial charge in [-0.1, -0.05) is 24.3 Å². The monoisotopic (exact) mass is 306 g/mol. The second kappa shape index (κ2) is 6.07. The summed E-state index contributed by atoms with van der Waals surface area (Å²) in [6, 6.07) is 12.0. The van der Waals surface area contributed by atoms with Gasteiger partial charge < -0.3 is 5.43 Å². The smallest absolute Gasteiger partial charge is 0.257 e. The number of nitrogens with one attached hydrogen (secondary N) is 2. The van der Waals surface area contributed by atoms with Crippen LogP contribution in [0.2, 0.25) is 0 Å². The van der Waals surface area contributed by atoms with Gasteiger partial charge in [-0.2, -0.15) is 0 Å². The molecule has 2 N–H and O–H groups in total. The number of benzene rings is 2. The Hall–Kier alpha value is -2.18. The van der Waals surface area contributed by atoms with E-state index >= 15 is 0 Å². The van der Waals surface area contributed by atoms with Crippen molar-refractivity contribution in [2.24, 2.45) is 0 Å². The fourth-order valence-electron chi connectivity index (χ4n) is 1.63. The highest BCUT2D eigenvalue weighted by Crippen LogP contribution is 2.12. The second-order valence-electron chi connectivity index (χ2n) is 4.53. The number of hydrogen-bond donors (Lipinski definition) is 2. The summed E-state index contributed by atoms with van der Waals surface area (Å²) in [6.45, 7) is 5.58. The van der Waals surface area contributed by atoms with Crippen molar-refractivity contribution in [3.8, 4) is 0 Å². The highest BCUT2D eigenvalue weighted by Gasteiger charge is 2.13. The lowest BCUT2D eigenvalue weighted by atomic mass is 10.2. The van der Waals surface area contributed by atoms with Gasteiger partial charge in [0.1, 0.15) is 5.82 Å². The molecule has 110 valence electrons. The summed E-state index contributed by atoms with van der Waals surface area (Å²) in [5.74, 6) is -0.369. The molecule has 0 aliphatic carbocycles. The molecule has 0 amide bonds. The minimum absolute atomic E-state index is 0.146. The molecule has 2 aromatic carbocycles. The van der Waals surface area contributed by atoms with E-state index in [-0.39, 0.29) is 10.7 Å². The third kappa shape index (κ3) is 3.90. The average molecular weight is 306 g/mol. The molecule has 0 atom stereocenters. The van der Waals surface area contributed by atoms with E-state index in [0.29, 0.717) is 11.3 Å². The van der Waals surface area contributed by atoms with Crippen molar-refractivity contribution in [3.63, 3.8) is 0 Å². The Kier molecular flexibility index (Phi) is 4.40. The molecule has 2 aromatic rings. The van der Waals surface area contributed by atoms with Crippen LogP contribution < -0.4 is 10.3 Å². The average Bonchev–Trinajstić information content (AvgIpc) is 2.46. The Bertz CT molecular complexity index is 738. The first-order valence-corrected chi connectivity index (χ1v) is 7.66. The van der Waals surface area contributed by atoms with E-state index in [1.807, 2.05) is 6.92 Å². The Labute approximate surface area is 123 Å². The van der Waals surface area contributed by atoms with Crippen LogP contribution in [0, 0.1) is 12.7 Å². The maximum absolute atomic E-state index is 12.8. The Balaban J connectivity index is 2.06. The van der Waals surface area contributed by atoms with Crippen LogP contribution in [0.4, 0.5) is 4.39 Å². The van der Waals surface area contributed by atoms with Gasteiger partial charge in [-0.15, -0.1) is 4.83 Å². The third-order valence-electron chi connectivity index (χ3n) is 2.86. The molecule has 0 saturated heterocycles. The van der Waals surface area contributed by atoms with E-state index in [2.05, 4.69) is 16.8 Å². The molecule has 0 heterocycles. The van der Waals surface area contributed by atoms with Crippen LogP contribution in [0.15, 0.2) is 60.0 Å². The first-order valence-electron chi connectivity index (χ1n) is 6.18. The molecule has 21 heavy (non-hydrogen) atoms. The molecular weight excluding hydrogens is 291 g/mol. The van der Waals surface area contributed by atoms with Crippen molar-refractivity contribution < 1.29 is 12.8 Å². The second-order valence-corrected chi connectivity index (χ2v) is 6.21. The van der Waals surface area contributed by atoms with Crippen LogP contribution in [0.1, 0.15) is 11.1 Å². The molecule has 0 unspecified atom stereocenters. The highest BCUT2D eigenvalue weighted by atomic mass is 32.2. The topological polar surface area (TPSA) is 58.2 Å². The maximum atomic E-state index is 12.8. The number of aryl methyl sites for hydroxylation is 1. The highest BCUT2D eigenvalue weighted by molar-refractivity contribution is 7.89. The van der Waals surface area contributed by atoms with E-state index in [1.54, 1.807) is 12.1 Å². The van der Waals surface area contributed by atoms with Crippen LogP contribution in [-0.4, -0.2) is 8.42 Å². The van der Waals surface area contributed by atoms with E-state index in [4.69, 9.17) is 0 Å². The molecule has 2 rings (SSSR count). The molecule has 0 fully saturated rings. The molecule has 0 aliphatic rings. The molecule has 0 bridgehead atoms. The van der Waals surface area contributed by atoms with Crippen molar-refractivity contribution in [2.75, 3.05) is 0 Å². The Morgan fingerprint density at radius 3 is 2.19 bits per heavy atom. The first kappa shape index (κ1) is 15.2. The minimum Gasteiger partial charge on any atom is -0.308 e. The van der Waals surface area contributed by atoms with Crippen LogP contribution in [-0.2, 0) is 10.0 Å². The van der Waals surface area contributed by atoms with Crippen molar-refractivity contribution in [1.29, 1.82) is 0 Å². The zero-order chi connectivity index (χ0) is 15.5. The fraction of sp³-hybridized carbons (Fsp3) is 0.0667. The Morgan fingerprint density at radius 1 is 1.05 bits per heavy atom. The van der Waals surface area contributed by atoms with Crippen LogP contribution in [0.5, 0.6) is 0 Å². The minimum atomic E-state index is -3.68. The lowest BCUT2D eigenvalue weighted by Gasteiger charge is -2.12. The number of hydrazine groups is 1. The van der Waals surface area contributed by atoms with Gasteiger partial charge in [-0.3, -0.25) is 0 Å². The molecule has 6 heteroatoms. The predicted molar refractivity (Wildman–Crippen MR) is 80.1 cm³/mol. The van der Waals surface area contributed by atoms with E-state index < -0.39 is 10.0 Å². The van der Waals surface area contributed by atoms with Gasteiger partial charge >= 0.3 is 0 Å². The number of rotatable bonds is 5. The zero-order valence-electron chi connectivity index (χ0n) is 11.4. The summed E-state index contributed by atoms with van der Waals surface area (Å²) in [6.07, 6.45) is 0. The van der Waals surface area contributed by atoms with Gasteiger partial charge in [0.25, 0.3) is 10.0 Å². The molecule has 0 aromatic heterocycles. The predicted octanol–water partition coefficient (Wildman–Crippen LogP) is 2.59. The van der Waals surface area contributed by atoms with Crippen LogP contribution >= 0.6 is 0 Å². The summed E-state index contributed by atoms with van der Waals surface area (Å²) < 4.78 is 36.9. The van der Waals surface area contributed by atoms with E-state index in [0.717, 1.165) is 5.56 Å². The quantitative estimate of drug-likeness (QED) is 0.835. The lowest BCUT2D eigenvalue weighted by molar-refractivity contribution is 0.576. The number of halogens is 1. The van der Waals surface area contributed by atoms with Crippen molar-refractivity contribution in [3.05, 3.63) is 72.1 Å². The summed E-state index contributed by atoms with van der Waals surface area (Å²) in [5, 5.41) is 0. The van der Waals surface area contributed by atoms with E-state index in [1.165, 1.54) is 36.4 Å². The molecule has 0 radical (unpaired) electrons. The zero-order valence-corrected chi connectivity index (χ0v) is 12.2. The van der Waals surface area contributed by atoms with Gasteiger partial charge in [0.2, 0.25) is 0 Å². The molecule has 0 aliphatic heterocycles. The fourth-order valence-corrected chi connectivity index (χ4v) is 2.50. The first-order chi connectivity index (χ1) is 9.88. The number of sulfonamides is 1. The summed E-state index contributed by atoms with van der Waals surface area (Å²) in [7, 11) is -3.68. The van der Waals surface area contributed by atoms with Gasteiger partial charge in [-0.25, -0.2) is 12.8 Å². The largest absolute Gasteiger partial charge is 0.308 e. The molecule has 0 spiro atoms.